The van der Waals surface area contributed by atoms with Gasteiger partial charge >= 0.3 is 0 Å². The highest BCUT2D eigenvalue weighted by molar-refractivity contribution is 6.35. The number of rotatable bonds is 5. The predicted molar refractivity (Wildman–Crippen MR) is 80.8 cm³/mol. The van der Waals surface area contributed by atoms with Gasteiger partial charge in [-0.05, 0) is 30.5 Å². The van der Waals surface area contributed by atoms with Crippen LogP contribution >= 0.6 is 23.2 Å². The van der Waals surface area contributed by atoms with Crippen LogP contribution in [0.3, 0.4) is 0 Å². The smallest absolute Gasteiger partial charge is 0.0499 e. The summed E-state index contributed by atoms with van der Waals surface area (Å²) in [6.07, 6.45) is 5.98. The van der Waals surface area contributed by atoms with Gasteiger partial charge in [-0.2, -0.15) is 0 Å². The first kappa shape index (κ1) is 15.1. The Balaban J connectivity index is 1.88. The van der Waals surface area contributed by atoms with Crippen LogP contribution in [-0.4, -0.2) is 18.3 Å². The SMILES string of the molecule is OCC1(CNCc2ccc(Cl)cc2Cl)CCCCC1. The second kappa shape index (κ2) is 6.94. The Kier molecular flexibility index (Phi) is 5.52. The molecule has 1 fully saturated rings. The van der Waals surface area contributed by atoms with Crippen LogP contribution in [0.4, 0.5) is 0 Å². The van der Waals surface area contributed by atoms with E-state index in [-0.39, 0.29) is 12.0 Å². The summed E-state index contributed by atoms with van der Waals surface area (Å²) in [5.41, 5.74) is 1.12. The molecule has 19 heavy (non-hydrogen) atoms. The average Bonchev–Trinajstić information content (AvgIpc) is 2.42. The van der Waals surface area contributed by atoms with E-state index in [4.69, 9.17) is 23.2 Å². The zero-order chi connectivity index (χ0) is 13.7. The molecule has 1 aliphatic rings. The maximum absolute atomic E-state index is 9.65. The largest absolute Gasteiger partial charge is 0.396 e. The molecule has 2 N–H and O–H groups in total. The monoisotopic (exact) mass is 301 g/mol. The number of aliphatic hydroxyl groups is 1. The lowest BCUT2D eigenvalue weighted by Gasteiger charge is -2.35. The van der Waals surface area contributed by atoms with Crippen molar-refractivity contribution >= 4 is 23.2 Å². The molecule has 1 aromatic carbocycles. The van der Waals surface area contributed by atoms with Gasteiger partial charge in [0.1, 0.15) is 0 Å². The van der Waals surface area contributed by atoms with Gasteiger partial charge in [0.2, 0.25) is 0 Å². The van der Waals surface area contributed by atoms with Crippen LogP contribution in [0.15, 0.2) is 18.2 Å². The van der Waals surface area contributed by atoms with Gasteiger partial charge in [-0.1, -0.05) is 48.5 Å². The second-order valence-corrected chi connectivity index (χ2v) is 6.40. The van der Waals surface area contributed by atoms with Crippen LogP contribution in [0.1, 0.15) is 37.7 Å². The fraction of sp³-hybridized carbons (Fsp3) is 0.600. The Hall–Kier alpha value is -0.280. The minimum Gasteiger partial charge on any atom is -0.396 e. The Morgan fingerprint density at radius 1 is 1.16 bits per heavy atom. The van der Waals surface area contributed by atoms with Crippen molar-refractivity contribution in [3.05, 3.63) is 33.8 Å². The molecular weight excluding hydrogens is 281 g/mol. The molecular formula is C15H21Cl2NO. The van der Waals surface area contributed by atoms with Gasteiger partial charge < -0.3 is 10.4 Å². The van der Waals surface area contributed by atoms with E-state index in [0.717, 1.165) is 31.5 Å². The summed E-state index contributed by atoms with van der Waals surface area (Å²) in [6.45, 7) is 1.84. The van der Waals surface area contributed by atoms with Crippen molar-refractivity contribution in [3.63, 3.8) is 0 Å². The average molecular weight is 302 g/mol. The van der Waals surface area contributed by atoms with Gasteiger partial charge in [0, 0.05) is 35.2 Å². The third-order valence-electron chi connectivity index (χ3n) is 4.08. The highest BCUT2D eigenvalue weighted by Crippen LogP contribution is 2.35. The van der Waals surface area contributed by atoms with E-state index in [9.17, 15) is 5.11 Å². The summed E-state index contributed by atoms with van der Waals surface area (Å²) in [5.74, 6) is 0. The van der Waals surface area contributed by atoms with E-state index in [2.05, 4.69) is 5.32 Å². The number of halogens is 2. The Morgan fingerprint density at radius 2 is 1.89 bits per heavy atom. The zero-order valence-corrected chi connectivity index (χ0v) is 12.6. The summed E-state index contributed by atoms with van der Waals surface area (Å²) < 4.78 is 0. The molecule has 0 radical (unpaired) electrons. The number of hydrogen-bond acceptors (Lipinski definition) is 2. The van der Waals surface area contributed by atoms with E-state index in [0.29, 0.717) is 10.0 Å². The van der Waals surface area contributed by atoms with E-state index >= 15 is 0 Å². The van der Waals surface area contributed by atoms with E-state index in [1.165, 1.54) is 19.3 Å². The summed E-state index contributed by atoms with van der Waals surface area (Å²) in [5, 5.41) is 14.4. The van der Waals surface area contributed by atoms with Crippen LogP contribution in [0.2, 0.25) is 10.0 Å². The highest BCUT2D eigenvalue weighted by atomic mass is 35.5. The van der Waals surface area contributed by atoms with Gasteiger partial charge in [0.25, 0.3) is 0 Å². The molecule has 1 aliphatic carbocycles. The first-order valence-electron chi connectivity index (χ1n) is 6.91. The molecule has 0 spiro atoms. The summed E-state index contributed by atoms with van der Waals surface area (Å²) >= 11 is 12.0. The van der Waals surface area contributed by atoms with Gasteiger partial charge in [0.15, 0.2) is 0 Å². The second-order valence-electron chi connectivity index (χ2n) is 5.56. The van der Waals surface area contributed by atoms with Crippen LogP contribution in [0, 0.1) is 5.41 Å². The van der Waals surface area contributed by atoms with Crippen molar-refractivity contribution in [2.45, 2.75) is 38.6 Å². The lowest BCUT2D eigenvalue weighted by molar-refractivity contribution is 0.0810. The quantitative estimate of drug-likeness (QED) is 0.861. The fourth-order valence-electron chi connectivity index (χ4n) is 2.82. The fourth-order valence-corrected chi connectivity index (χ4v) is 3.30. The molecule has 0 atom stereocenters. The molecule has 1 aromatic rings. The van der Waals surface area contributed by atoms with Crippen molar-refractivity contribution in [1.29, 1.82) is 0 Å². The first-order chi connectivity index (χ1) is 9.15. The van der Waals surface area contributed by atoms with Gasteiger partial charge in [-0.25, -0.2) is 0 Å². The molecule has 2 nitrogen and oxygen atoms in total. The van der Waals surface area contributed by atoms with Crippen molar-refractivity contribution in [2.75, 3.05) is 13.2 Å². The molecule has 2 rings (SSSR count). The maximum Gasteiger partial charge on any atom is 0.0499 e. The normalized spacial score (nSPS) is 18.5. The van der Waals surface area contributed by atoms with Gasteiger partial charge in [0.05, 0.1) is 0 Å². The van der Waals surface area contributed by atoms with Crippen LogP contribution in [0.5, 0.6) is 0 Å². The molecule has 0 bridgehead atoms. The van der Waals surface area contributed by atoms with E-state index < -0.39 is 0 Å². The Morgan fingerprint density at radius 3 is 2.53 bits per heavy atom. The van der Waals surface area contributed by atoms with Crippen molar-refractivity contribution in [3.8, 4) is 0 Å². The van der Waals surface area contributed by atoms with E-state index in [1.54, 1.807) is 6.07 Å². The summed E-state index contributed by atoms with van der Waals surface area (Å²) in [7, 11) is 0. The van der Waals surface area contributed by atoms with E-state index in [1.807, 2.05) is 12.1 Å². The number of benzene rings is 1. The van der Waals surface area contributed by atoms with Gasteiger partial charge in [-0.15, -0.1) is 0 Å². The molecule has 0 unspecified atom stereocenters. The van der Waals surface area contributed by atoms with Crippen LogP contribution in [0.25, 0.3) is 0 Å². The topological polar surface area (TPSA) is 32.3 Å². The predicted octanol–water partition coefficient (Wildman–Crippen LogP) is 4.03. The minimum atomic E-state index is 0.0666. The van der Waals surface area contributed by atoms with Crippen LogP contribution < -0.4 is 5.32 Å². The summed E-state index contributed by atoms with van der Waals surface area (Å²) in [6, 6.07) is 5.57. The number of nitrogens with one attached hydrogen (secondary N) is 1. The third kappa shape index (κ3) is 4.09. The molecule has 1 saturated carbocycles. The molecule has 0 aromatic heterocycles. The highest BCUT2D eigenvalue weighted by Gasteiger charge is 2.30. The molecule has 0 amide bonds. The number of hydrogen-bond donors (Lipinski definition) is 2. The number of aliphatic hydroxyl groups excluding tert-OH is 1. The summed E-state index contributed by atoms with van der Waals surface area (Å²) in [4.78, 5) is 0. The van der Waals surface area contributed by atoms with Gasteiger partial charge in [-0.3, -0.25) is 0 Å². The Labute approximate surface area is 125 Å². The molecule has 106 valence electrons. The zero-order valence-electron chi connectivity index (χ0n) is 11.1. The lowest BCUT2D eigenvalue weighted by atomic mass is 9.74. The van der Waals surface area contributed by atoms with Crippen molar-refractivity contribution in [2.24, 2.45) is 5.41 Å². The third-order valence-corrected chi connectivity index (χ3v) is 4.67. The standard InChI is InChI=1S/C15H21Cl2NO/c16-13-5-4-12(14(17)8-13)9-18-10-15(11-19)6-2-1-3-7-15/h4-5,8,18-19H,1-3,6-7,9-11H2. The molecule has 0 aliphatic heterocycles. The molecule has 0 heterocycles. The van der Waals surface area contributed by atoms with Crippen LogP contribution in [-0.2, 0) is 6.54 Å². The molecule has 4 heteroatoms. The lowest BCUT2D eigenvalue weighted by Crippen LogP contribution is -2.38. The molecule has 0 saturated heterocycles. The minimum absolute atomic E-state index is 0.0666. The maximum atomic E-state index is 9.65. The van der Waals surface area contributed by atoms with Crippen molar-refractivity contribution in [1.82, 2.24) is 5.32 Å². The first-order valence-corrected chi connectivity index (χ1v) is 7.66. The van der Waals surface area contributed by atoms with Crippen molar-refractivity contribution < 1.29 is 5.11 Å². The Bertz CT molecular complexity index is 417.